The summed E-state index contributed by atoms with van der Waals surface area (Å²) in [5.41, 5.74) is 5.63. The van der Waals surface area contributed by atoms with Crippen LogP contribution in [-0.2, 0) is 52.0 Å². The Labute approximate surface area is 363 Å². The van der Waals surface area contributed by atoms with Gasteiger partial charge < -0.3 is 33.5 Å². The van der Waals surface area contributed by atoms with E-state index >= 15 is 4.39 Å². The topological polar surface area (TPSA) is 133 Å². The van der Waals surface area contributed by atoms with Gasteiger partial charge in [-0.25, -0.2) is 18.9 Å². The Bertz CT molecular complexity index is 2190. The van der Waals surface area contributed by atoms with E-state index in [0.29, 0.717) is 63.7 Å². The monoisotopic (exact) mass is 894 g/mol. The maximum atomic E-state index is 15.7. The number of benzene rings is 2. The fourth-order valence-corrected chi connectivity index (χ4v) is 9.94. The number of carboxylic acid groups (broad SMARTS) is 1. The summed E-state index contributed by atoms with van der Waals surface area (Å²) in [5, 5.41) is 15.8. The average molecular weight is 895 g/mol. The van der Waals surface area contributed by atoms with Crippen LogP contribution in [0, 0.1) is 5.82 Å². The van der Waals surface area contributed by atoms with Crippen LogP contribution in [0.2, 0.25) is 77.1 Å². The summed E-state index contributed by atoms with van der Waals surface area (Å²) in [6, 6.07) is 11.7. The highest BCUT2D eigenvalue weighted by molar-refractivity contribution is 6.76. The molecule has 1 saturated heterocycles. The third kappa shape index (κ3) is 11.8. The lowest BCUT2D eigenvalue weighted by Gasteiger charge is -2.26. The number of fused-ring (bicyclic) bond motifs is 2. The largest absolute Gasteiger partial charge is 0.465 e. The molecule has 2 amide bonds. The van der Waals surface area contributed by atoms with Gasteiger partial charge in [0.2, 0.25) is 5.91 Å². The lowest BCUT2D eigenvalue weighted by molar-refractivity contribution is -0.136. The average Bonchev–Trinajstić information content (AvgIpc) is 3.97. The molecule has 1 atom stereocenters. The molecule has 1 N–H and O–H groups in total. The van der Waals surface area contributed by atoms with E-state index in [9.17, 15) is 14.7 Å². The molecule has 4 aromatic rings. The van der Waals surface area contributed by atoms with Crippen molar-refractivity contribution in [3.8, 4) is 28.4 Å². The Morgan fingerprint density at radius 2 is 1.52 bits per heavy atom. The molecular weight excluding hydrogens is 828 g/mol. The zero-order valence-corrected chi connectivity index (χ0v) is 41.0. The first kappa shape index (κ1) is 46.6. The van der Waals surface area contributed by atoms with Crippen molar-refractivity contribution in [3.05, 3.63) is 53.1 Å². The maximum Gasteiger partial charge on any atom is 0.407 e. The first-order chi connectivity index (χ1) is 28.7. The number of nitrogens with zero attached hydrogens (tertiary/aromatic N) is 6. The fraction of sp³-hybridized carbons (Fsp3) is 0.591. The Morgan fingerprint density at radius 1 is 0.869 bits per heavy atom. The van der Waals surface area contributed by atoms with Crippen molar-refractivity contribution in [1.29, 1.82) is 0 Å². The quantitative estimate of drug-likeness (QED) is 0.0523. The van der Waals surface area contributed by atoms with Crippen molar-refractivity contribution in [1.82, 2.24) is 29.1 Å². The van der Waals surface area contributed by atoms with Gasteiger partial charge in [0.15, 0.2) is 24.2 Å². The van der Waals surface area contributed by atoms with Gasteiger partial charge in [-0.15, -0.1) is 0 Å². The van der Waals surface area contributed by atoms with Crippen molar-refractivity contribution in [2.45, 2.75) is 136 Å². The number of halogens is 1. The molecule has 0 bridgehead atoms. The van der Waals surface area contributed by atoms with E-state index in [2.05, 4.69) is 58.9 Å². The minimum absolute atomic E-state index is 0.00371. The molecule has 334 valence electrons. The van der Waals surface area contributed by atoms with Gasteiger partial charge in [0.05, 0.1) is 30.0 Å². The molecule has 0 aliphatic carbocycles. The van der Waals surface area contributed by atoms with Crippen LogP contribution < -0.4 is 4.74 Å². The minimum Gasteiger partial charge on any atom is -0.465 e. The summed E-state index contributed by atoms with van der Waals surface area (Å²) in [5.74, 6) is 0.154. The van der Waals surface area contributed by atoms with E-state index in [1.807, 2.05) is 34.4 Å². The number of carbonyl (C=O) groups is 2. The van der Waals surface area contributed by atoms with Crippen LogP contribution in [0.3, 0.4) is 0 Å². The van der Waals surface area contributed by atoms with Crippen molar-refractivity contribution < 1.29 is 38.0 Å². The Morgan fingerprint density at radius 3 is 2.16 bits per heavy atom. The predicted molar refractivity (Wildman–Crippen MR) is 246 cm³/mol. The second kappa shape index (κ2) is 19.2. The van der Waals surface area contributed by atoms with Crippen LogP contribution in [0.25, 0.3) is 33.5 Å². The molecule has 2 aliphatic rings. The highest BCUT2D eigenvalue weighted by atomic mass is 28.3. The number of imidazole rings is 1. The molecule has 13 nitrogen and oxygen atoms in total. The zero-order chi connectivity index (χ0) is 44.3. The van der Waals surface area contributed by atoms with Crippen molar-refractivity contribution >= 4 is 47.1 Å². The van der Waals surface area contributed by atoms with E-state index in [1.165, 1.54) is 4.90 Å². The van der Waals surface area contributed by atoms with E-state index in [4.69, 9.17) is 29.0 Å². The number of aryl methyl sites for hydroxylation is 1. The lowest BCUT2D eigenvalue weighted by Crippen LogP contribution is -2.45. The normalized spacial score (nSPS) is 16.0. The second-order valence-corrected chi connectivity index (χ2v) is 37.0. The van der Waals surface area contributed by atoms with Crippen LogP contribution in [0.4, 0.5) is 9.18 Å². The molecular formula is C44H67FN6O7Si3. The molecule has 2 aromatic heterocycles. The number of amides is 2. The minimum atomic E-state index is -1.38. The summed E-state index contributed by atoms with van der Waals surface area (Å²) in [4.78, 5) is 33.8. The molecule has 0 spiro atoms. The maximum absolute atomic E-state index is 15.7. The van der Waals surface area contributed by atoms with Gasteiger partial charge in [-0.05, 0) is 78.4 Å². The zero-order valence-electron chi connectivity index (χ0n) is 38.0. The highest BCUT2D eigenvalue weighted by Crippen LogP contribution is 2.37. The van der Waals surface area contributed by atoms with Crippen LogP contribution in [-0.4, -0.2) is 110 Å². The van der Waals surface area contributed by atoms with Crippen molar-refractivity contribution in [2.24, 2.45) is 0 Å². The molecule has 0 unspecified atom stereocenters. The van der Waals surface area contributed by atoms with Gasteiger partial charge in [-0.2, -0.15) is 5.10 Å². The van der Waals surface area contributed by atoms with Gasteiger partial charge in [0, 0.05) is 56.0 Å². The van der Waals surface area contributed by atoms with Gasteiger partial charge in [0.25, 0.3) is 0 Å². The number of aromatic nitrogens is 4. The standard InChI is InChI=1S/C44H67FN6O7Si3/c1-11-31-24-40(58-30-57-19-22-61(8,9)10)35(45)25-34(31)32-14-15-33-38(23-32)51(29-56-18-21-60(5,6)7)47-41(33)42-46-36-26-48(43(52)37-13-12-16-49(37)44(53)54)27-39(36)50(42)28-55-17-20-59(2,3)4/h14-15,23-25,37H,11-13,16-22,26-30H2,1-10H3,(H,53,54)/t37-/m0/s1. The van der Waals surface area contributed by atoms with Crippen LogP contribution in [0.15, 0.2) is 30.3 Å². The van der Waals surface area contributed by atoms with Gasteiger partial charge in [-0.1, -0.05) is 71.9 Å². The Kier molecular flexibility index (Phi) is 14.7. The number of carbonyl (C=O) groups excluding carboxylic acids is 1. The Balaban J connectivity index is 1.35. The summed E-state index contributed by atoms with van der Waals surface area (Å²) in [6.07, 6.45) is 0.762. The van der Waals surface area contributed by atoms with E-state index < -0.39 is 42.2 Å². The van der Waals surface area contributed by atoms with Crippen LogP contribution in [0.1, 0.15) is 36.7 Å². The summed E-state index contributed by atoms with van der Waals surface area (Å²) >= 11 is 0. The SMILES string of the molecule is CCc1cc(OCOCC[Si](C)(C)C)c(F)cc1-c1ccc2c(-c3nc4c(n3COCC[Si](C)(C)C)CN(C(=O)[C@@H]3CCCN3C(=O)O)C4)nn(COCC[Si](C)(C)C)c2c1. The highest BCUT2D eigenvalue weighted by Gasteiger charge is 2.40. The summed E-state index contributed by atoms with van der Waals surface area (Å²) in [7, 11) is -3.98. The first-order valence-corrected chi connectivity index (χ1v) is 32.9. The summed E-state index contributed by atoms with van der Waals surface area (Å²) < 4.78 is 43.7. The lowest BCUT2D eigenvalue weighted by atomic mass is 9.96. The van der Waals surface area contributed by atoms with Gasteiger partial charge in [-0.3, -0.25) is 9.69 Å². The van der Waals surface area contributed by atoms with Crippen molar-refractivity contribution in [2.75, 3.05) is 33.2 Å². The fourth-order valence-electron chi connectivity index (χ4n) is 7.67. The van der Waals surface area contributed by atoms with Crippen LogP contribution >= 0.6 is 0 Å². The number of ether oxygens (including phenoxy) is 4. The van der Waals surface area contributed by atoms with E-state index in [-0.39, 0.29) is 38.5 Å². The molecule has 2 aliphatic heterocycles. The molecule has 2 aromatic carbocycles. The van der Waals surface area contributed by atoms with Crippen LogP contribution in [0.5, 0.6) is 5.75 Å². The molecule has 0 radical (unpaired) electrons. The molecule has 61 heavy (non-hydrogen) atoms. The second-order valence-electron chi connectivity index (χ2n) is 20.1. The van der Waals surface area contributed by atoms with Crippen molar-refractivity contribution in [3.63, 3.8) is 0 Å². The number of hydrogen-bond donors (Lipinski definition) is 1. The van der Waals surface area contributed by atoms with Gasteiger partial charge in [0.1, 0.15) is 25.2 Å². The molecule has 6 rings (SSSR count). The third-order valence-electron chi connectivity index (χ3n) is 11.5. The number of rotatable bonds is 20. The molecule has 17 heteroatoms. The first-order valence-electron chi connectivity index (χ1n) is 21.8. The van der Waals surface area contributed by atoms with E-state index in [1.54, 1.807) is 17.0 Å². The van der Waals surface area contributed by atoms with E-state index in [0.717, 1.165) is 57.1 Å². The smallest absolute Gasteiger partial charge is 0.407 e. The summed E-state index contributed by atoms with van der Waals surface area (Å²) in [6.45, 7) is 26.0. The number of hydrogen-bond acceptors (Lipinski definition) is 8. The predicted octanol–water partition coefficient (Wildman–Crippen LogP) is 9.57. The molecule has 4 heterocycles. The molecule has 1 fully saturated rings. The molecule has 0 saturated carbocycles. The number of likely N-dealkylation sites (tertiary alicyclic amines) is 1. The third-order valence-corrected chi connectivity index (χ3v) is 16.6. The van der Waals surface area contributed by atoms with Gasteiger partial charge >= 0.3 is 6.09 Å². The Hall–Kier alpha value is -3.88.